The van der Waals surface area contributed by atoms with Crippen molar-refractivity contribution < 1.29 is 0 Å². The van der Waals surface area contributed by atoms with Gasteiger partial charge in [0.1, 0.15) is 0 Å². The summed E-state index contributed by atoms with van der Waals surface area (Å²) in [5, 5.41) is 17.6. The summed E-state index contributed by atoms with van der Waals surface area (Å²) in [5.41, 5.74) is 1.22. The molecule has 0 saturated carbocycles. The van der Waals surface area contributed by atoms with E-state index in [9.17, 15) is 0 Å². The smallest absolute Gasteiger partial charge is 0.244 e. The number of hydrogen-bond donors (Lipinski definition) is 1. The normalized spacial score (nSPS) is 20.8. The van der Waals surface area contributed by atoms with Crippen LogP contribution in [0.3, 0.4) is 0 Å². The minimum Gasteiger partial charge on any atom is -0.345 e. The van der Waals surface area contributed by atoms with Gasteiger partial charge in [0.25, 0.3) is 0 Å². The SMILES string of the molecule is Brc1ccc([C@@H]2C[C@@H](c3cccs3)Nc3nnnn32)cc1. The molecule has 5 nitrogen and oxygen atoms in total. The first kappa shape index (κ1) is 13.0. The van der Waals surface area contributed by atoms with Crippen LogP contribution in [0.2, 0.25) is 0 Å². The molecule has 0 spiro atoms. The molecule has 4 rings (SSSR count). The highest BCUT2D eigenvalue weighted by molar-refractivity contribution is 9.10. The largest absolute Gasteiger partial charge is 0.345 e. The Bertz CT molecular complexity index is 737. The standard InChI is InChI=1S/C14H12BrN5S/c15-10-5-3-9(4-6-10)12-8-11(13-2-1-7-21-13)16-14-17-18-19-20(12)14/h1-7,11-12H,8H2,(H,16,17,19)/t11-,12-/m0/s1. The number of aromatic nitrogens is 4. The average molecular weight is 362 g/mol. The van der Waals surface area contributed by atoms with Crippen LogP contribution >= 0.6 is 27.3 Å². The first-order valence-corrected chi connectivity index (χ1v) is 8.32. The van der Waals surface area contributed by atoms with E-state index >= 15 is 0 Å². The molecular formula is C14H12BrN5S. The second kappa shape index (κ2) is 5.23. The van der Waals surface area contributed by atoms with Gasteiger partial charge in [-0.3, -0.25) is 0 Å². The highest BCUT2D eigenvalue weighted by Crippen LogP contribution is 2.38. The number of thiophene rings is 1. The van der Waals surface area contributed by atoms with Crippen LogP contribution in [0.5, 0.6) is 0 Å². The fourth-order valence-corrected chi connectivity index (χ4v) is 3.73. The van der Waals surface area contributed by atoms with Gasteiger partial charge in [-0.2, -0.15) is 0 Å². The van der Waals surface area contributed by atoms with E-state index in [-0.39, 0.29) is 12.1 Å². The maximum atomic E-state index is 4.14. The molecule has 2 aromatic heterocycles. The zero-order chi connectivity index (χ0) is 14.2. The first-order valence-electron chi connectivity index (χ1n) is 6.64. The third-order valence-electron chi connectivity index (χ3n) is 3.69. The van der Waals surface area contributed by atoms with Crippen molar-refractivity contribution in [1.29, 1.82) is 0 Å². The highest BCUT2D eigenvalue weighted by Gasteiger charge is 2.30. The molecule has 1 aromatic carbocycles. The van der Waals surface area contributed by atoms with Gasteiger partial charge in [-0.25, -0.2) is 4.68 Å². The van der Waals surface area contributed by atoms with Gasteiger partial charge in [-0.1, -0.05) is 39.2 Å². The Hall–Kier alpha value is -1.73. The Morgan fingerprint density at radius 1 is 1.24 bits per heavy atom. The van der Waals surface area contributed by atoms with Crippen molar-refractivity contribution in [2.45, 2.75) is 18.5 Å². The summed E-state index contributed by atoms with van der Waals surface area (Å²) >= 11 is 5.24. The molecular weight excluding hydrogens is 350 g/mol. The molecule has 0 amide bonds. The number of fused-ring (bicyclic) bond motifs is 1. The maximum absolute atomic E-state index is 4.14. The minimum absolute atomic E-state index is 0.149. The number of benzene rings is 1. The molecule has 0 aliphatic carbocycles. The number of halogens is 1. The second-order valence-corrected chi connectivity index (χ2v) is 6.86. The van der Waals surface area contributed by atoms with E-state index in [0.29, 0.717) is 0 Å². The van der Waals surface area contributed by atoms with Crippen LogP contribution in [0.15, 0.2) is 46.3 Å². The molecule has 7 heteroatoms. The fourth-order valence-electron chi connectivity index (χ4n) is 2.68. The predicted molar refractivity (Wildman–Crippen MR) is 85.4 cm³/mol. The van der Waals surface area contributed by atoms with Crippen molar-refractivity contribution >= 4 is 33.2 Å². The number of rotatable bonds is 2. The molecule has 0 saturated heterocycles. The van der Waals surface area contributed by atoms with Crippen LogP contribution in [0.4, 0.5) is 5.95 Å². The zero-order valence-electron chi connectivity index (χ0n) is 11.0. The van der Waals surface area contributed by atoms with Gasteiger partial charge in [0, 0.05) is 9.35 Å². The van der Waals surface area contributed by atoms with Crippen molar-refractivity contribution in [3.63, 3.8) is 0 Å². The lowest BCUT2D eigenvalue weighted by molar-refractivity contribution is 0.426. The molecule has 3 heterocycles. The second-order valence-electron chi connectivity index (χ2n) is 4.96. The van der Waals surface area contributed by atoms with Crippen molar-refractivity contribution in [2.75, 3.05) is 5.32 Å². The van der Waals surface area contributed by atoms with Gasteiger partial charge in [0.05, 0.1) is 12.1 Å². The van der Waals surface area contributed by atoms with E-state index in [1.807, 2.05) is 4.68 Å². The van der Waals surface area contributed by atoms with Crippen LogP contribution in [0.1, 0.15) is 28.9 Å². The quantitative estimate of drug-likeness (QED) is 0.756. The van der Waals surface area contributed by atoms with E-state index in [4.69, 9.17) is 0 Å². The molecule has 0 bridgehead atoms. The molecule has 0 fully saturated rings. The molecule has 1 aliphatic rings. The number of nitrogens with zero attached hydrogens (tertiary/aromatic N) is 4. The molecule has 3 aromatic rings. The summed E-state index contributed by atoms with van der Waals surface area (Å²) in [6.45, 7) is 0. The van der Waals surface area contributed by atoms with Crippen LogP contribution in [0.25, 0.3) is 0 Å². The lowest BCUT2D eigenvalue weighted by atomic mass is 9.97. The van der Waals surface area contributed by atoms with Crippen LogP contribution in [0, 0.1) is 0 Å². The topological polar surface area (TPSA) is 55.6 Å². The molecule has 1 aliphatic heterocycles. The Morgan fingerprint density at radius 2 is 2.10 bits per heavy atom. The van der Waals surface area contributed by atoms with E-state index < -0.39 is 0 Å². The summed E-state index contributed by atoms with van der Waals surface area (Å²) in [5.74, 6) is 0.729. The Balaban J connectivity index is 1.74. The van der Waals surface area contributed by atoms with Crippen LogP contribution < -0.4 is 5.32 Å². The molecule has 2 atom stereocenters. The monoisotopic (exact) mass is 361 g/mol. The molecule has 21 heavy (non-hydrogen) atoms. The summed E-state index contributed by atoms with van der Waals surface area (Å²) in [6, 6.07) is 13.0. The minimum atomic E-state index is 0.149. The Kier molecular flexibility index (Phi) is 3.23. The van der Waals surface area contributed by atoms with Crippen molar-refractivity contribution in [3.05, 3.63) is 56.7 Å². The number of anilines is 1. The Morgan fingerprint density at radius 3 is 2.86 bits per heavy atom. The average Bonchev–Trinajstić information content (AvgIpc) is 3.18. The van der Waals surface area contributed by atoms with Crippen molar-refractivity contribution in [1.82, 2.24) is 20.2 Å². The van der Waals surface area contributed by atoms with Crippen LogP contribution in [-0.4, -0.2) is 20.2 Å². The maximum Gasteiger partial charge on any atom is 0.244 e. The van der Waals surface area contributed by atoms with Gasteiger partial charge in [-0.15, -0.1) is 11.3 Å². The molecule has 0 unspecified atom stereocenters. The zero-order valence-corrected chi connectivity index (χ0v) is 13.4. The van der Waals surface area contributed by atoms with E-state index in [1.54, 1.807) is 11.3 Å². The molecule has 106 valence electrons. The van der Waals surface area contributed by atoms with Gasteiger partial charge in [0.15, 0.2) is 0 Å². The van der Waals surface area contributed by atoms with E-state index in [2.05, 4.69) is 78.6 Å². The molecule has 0 radical (unpaired) electrons. The van der Waals surface area contributed by atoms with E-state index in [0.717, 1.165) is 16.8 Å². The number of tetrazole rings is 1. The van der Waals surface area contributed by atoms with Crippen molar-refractivity contribution in [3.8, 4) is 0 Å². The third-order valence-corrected chi connectivity index (χ3v) is 5.21. The lowest BCUT2D eigenvalue weighted by Gasteiger charge is -2.30. The third kappa shape index (κ3) is 2.36. The summed E-state index contributed by atoms with van der Waals surface area (Å²) in [6.07, 6.45) is 0.931. The van der Waals surface area contributed by atoms with Gasteiger partial charge in [-0.05, 0) is 46.0 Å². The molecule has 1 N–H and O–H groups in total. The van der Waals surface area contributed by atoms with Gasteiger partial charge < -0.3 is 5.32 Å². The van der Waals surface area contributed by atoms with Gasteiger partial charge >= 0.3 is 0 Å². The Labute approximate surface area is 134 Å². The van der Waals surface area contributed by atoms with Crippen molar-refractivity contribution in [2.24, 2.45) is 0 Å². The number of nitrogens with one attached hydrogen (secondary N) is 1. The van der Waals surface area contributed by atoms with E-state index in [1.165, 1.54) is 10.4 Å². The number of hydrogen-bond acceptors (Lipinski definition) is 5. The predicted octanol–water partition coefficient (Wildman–Crippen LogP) is 3.64. The summed E-state index contributed by atoms with van der Waals surface area (Å²) in [7, 11) is 0. The highest BCUT2D eigenvalue weighted by atomic mass is 79.9. The first-order chi connectivity index (χ1) is 10.3. The lowest BCUT2D eigenvalue weighted by Crippen LogP contribution is -2.27. The fraction of sp³-hybridized carbons (Fsp3) is 0.214. The van der Waals surface area contributed by atoms with Crippen LogP contribution in [-0.2, 0) is 0 Å². The van der Waals surface area contributed by atoms with Gasteiger partial charge in [0.2, 0.25) is 5.95 Å². The summed E-state index contributed by atoms with van der Waals surface area (Å²) in [4.78, 5) is 1.31. The summed E-state index contributed by atoms with van der Waals surface area (Å²) < 4.78 is 2.94.